The Kier molecular flexibility index (Phi) is 5.06. The number of nitrogens with one attached hydrogen (secondary N) is 1. The third kappa shape index (κ3) is 3.54. The lowest BCUT2D eigenvalue weighted by Crippen LogP contribution is -2.31. The van der Waals surface area contributed by atoms with E-state index in [4.69, 9.17) is 0 Å². The molecule has 2 aromatic rings. The van der Waals surface area contributed by atoms with E-state index in [1.165, 1.54) is 16.0 Å². The number of imide groups is 1. The number of nitrogens with zero attached hydrogens (tertiary/aromatic N) is 1. The number of carbonyl (C=O) groups excluding carboxylic acids is 2. The van der Waals surface area contributed by atoms with Crippen molar-refractivity contribution in [2.75, 3.05) is 13.1 Å². The largest absolute Gasteiger partial charge is 0.313 e. The molecule has 0 saturated heterocycles. The minimum atomic E-state index is -0.164. The van der Waals surface area contributed by atoms with Gasteiger partial charge >= 0.3 is 0 Å². The number of carbonyl (C=O) groups is 2. The van der Waals surface area contributed by atoms with Crippen LogP contribution in [-0.2, 0) is 6.54 Å². The summed E-state index contributed by atoms with van der Waals surface area (Å²) in [4.78, 5) is 25.8. The highest BCUT2D eigenvalue weighted by atomic mass is 16.2. The van der Waals surface area contributed by atoms with Crippen molar-refractivity contribution in [2.45, 2.75) is 26.3 Å². The van der Waals surface area contributed by atoms with Gasteiger partial charge in [-0.1, -0.05) is 42.0 Å². The van der Waals surface area contributed by atoms with Gasteiger partial charge in [-0.05, 0) is 44.0 Å². The van der Waals surface area contributed by atoms with Crippen LogP contribution in [0.5, 0.6) is 0 Å². The second-order valence-electron chi connectivity index (χ2n) is 6.18. The van der Waals surface area contributed by atoms with Gasteiger partial charge in [0.2, 0.25) is 0 Å². The molecule has 0 atom stereocenters. The zero-order valence-electron chi connectivity index (χ0n) is 13.9. The fraction of sp³-hybridized carbons (Fsp3) is 0.300. The molecule has 4 heteroatoms. The molecular weight excluding hydrogens is 300 g/mol. The molecule has 0 saturated carbocycles. The second-order valence-corrected chi connectivity index (χ2v) is 6.18. The number of hydrogen-bond donors (Lipinski definition) is 1. The average Bonchev–Trinajstić information content (AvgIpc) is 2.84. The highest BCUT2D eigenvalue weighted by Gasteiger charge is 2.34. The van der Waals surface area contributed by atoms with E-state index in [0.29, 0.717) is 17.7 Å². The average molecular weight is 322 g/mol. The summed E-state index contributed by atoms with van der Waals surface area (Å²) in [7, 11) is 0. The fourth-order valence-corrected chi connectivity index (χ4v) is 2.90. The van der Waals surface area contributed by atoms with E-state index in [1.54, 1.807) is 24.3 Å². The Bertz CT molecular complexity index is 703. The van der Waals surface area contributed by atoms with Gasteiger partial charge in [-0.25, -0.2) is 0 Å². The van der Waals surface area contributed by atoms with E-state index in [0.717, 1.165) is 25.9 Å². The molecule has 124 valence electrons. The molecule has 0 aromatic heterocycles. The third-order valence-corrected chi connectivity index (χ3v) is 4.31. The predicted molar refractivity (Wildman–Crippen MR) is 93.9 cm³/mol. The zero-order chi connectivity index (χ0) is 16.9. The van der Waals surface area contributed by atoms with Crippen LogP contribution >= 0.6 is 0 Å². The first-order valence-electron chi connectivity index (χ1n) is 8.38. The molecular formula is C20H22N2O2. The molecule has 4 nitrogen and oxygen atoms in total. The molecule has 2 amide bonds. The van der Waals surface area contributed by atoms with Crippen molar-refractivity contribution >= 4 is 11.8 Å². The molecule has 1 N–H and O–H groups in total. The van der Waals surface area contributed by atoms with Gasteiger partial charge < -0.3 is 5.32 Å². The number of unbranched alkanes of at least 4 members (excludes halogenated alkanes) is 1. The van der Waals surface area contributed by atoms with Gasteiger partial charge in [-0.2, -0.15) is 0 Å². The van der Waals surface area contributed by atoms with Gasteiger partial charge in [-0.15, -0.1) is 0 Å². The van der Waals surface area contributed by atoms with Gasteiger partial charge in [0.05, 0.1) is 11.1 Å². The van der Waals surface area contributed by atoms with E-state index >= 15 is 0 Å². The molecule has 0 bridgehead atoms. The Labute approximate surface area is 142 Å². The Morgan fingerprint density at radius 1 is 0.875 bits per heavy atom. The lowest BCUT2D eigenvalue weighted by atomic mass is 10.1. The fourth-order valence-electron chi connectivity index (χ4n) is 2.90. The van der Waals surface area contributed by atoms with Crippen LogP contribution < -0.4 is 5.32 Å². The lowest BCUT2D eigenvalue weighted by Gasteiger charge is -2.13. The number of amides is 2. The van der Waals surface area contributed by atoms with Crippen LogP contribution in [0.15, 0.2) is 48.5 Å². The minimum Gasteiger partial charge on any atom is -0.313 e. The van der Waals surface area contributed by atoms with Gasteiger partial charge in [0.15, 0.2) is 0 Å². The van der Waals surface area contributed by atoms with E-state index < -0.39 is 0 Å². The molecule has 24 heavy (non-hydrogen) atoms. The van der Waals surface area contributed by atoms with Crippen LogP contribution in [-0.4, -0.2) is 29.8 Å². The van der Waals surface area contributed by atoms with Crippen LogP contribution in [0.25, 0.3) is 0 Å². The van der Waals surface area contributed by atoms with Crippen molar-refractivity contribution in [1.29, 1.82) is 0 Å². The summed E-state index contributed by atoms with van der Waals surface area (Å²) >= 11 is 0. The molecule has 3 rings (SSSR count). The maximum atomic E-state index is 12.2. The first-order valence-corrected chi connectivity index (χ1v) is 8.38. The summed E-state index contributed by atoms with van der Waals surface area (Å²) in [6.07, 6.45) is 1.74. The first-order chi connectivity index (χ1) is 11.7. The standard InChI is InChI=1S/C20H22N2O2/c1-15-8-10-16(11-9-15)14-21-12-4-5-13-22-19(23)17-6-2-3-7-18(17)20(22)24/h2-3,6-11,21H,4-5,12-14H2,1H3. The van der Waals surface area contributed by atoms with E-state index in [-0.39, 0.29) is 11.8 Å². The van der Waals surface area contributed by atoms with Crippen LogP contribution in [0.1, 0.15) is 44.7 Å². The smallest absolute Gasteiger partial charge is 0.261 e. The van der Waals surface area contributed by atoms with Crippen LogP contribution in [0.4, 0.5) is 0 Å². The third-order valence-electron chi connectivity index (χ3n) is 4.31. The summed E-state index contributed by atoms with van der Waals surface area (Å²) in [6.45, 7) is 4.28. The summed E-state index contributed by atoms with van der Waals surface area (Å²) in [5.41, 5.74) is 3.58. The molecule has 1 aliphatic rings. The predicted octanol–water partition coefficient (Wildman–Crippen LogP) is 3.16. The Balaban J connectivity index is 1.39. The van der Waals surface area contributed by atoms with Crippen molar-refractivity contribution < 1.29 is 9.59 Å². The Morgan fingerprint density at radius 2 is 1.50 bits per heavy atom. The summed E-state index contributed by atoms with van der Waals surface area (Å²) in [5, 5.41) is 3.40. The van der Waals surface area contributed by atoms with Gasteiger partial charge in [0.1, 0.15) is 0 Å². The lowest BCUT2D eigenvalue weighted by molar-refractivity contribution is 0.0651. The Morgan fingerprint density at radius 3 is 2.12 bits per heavy atom. The molecule has 2 aromatic carbocycles. The van der Waals surface area contributed by atoms with Crippen LogP contribution in [0, 0.1) is 6.92 Å². The van der Waals surface area contributed by atoms with Gasteiger partial charge in [0, 0.05) is 13.1 Å². The van der Waals surface area contributed by atoms with Crippen molar-refractivity contribution in [1.82, 2.24) is 10.2 Å². The van der Waals surface area contributed by atoms with Gasteiger partial charge in [0.25, 0.3) is 11.8 Å². The second kappa shape index (κ2) is 7.41. The summed E-state index contributed by atoms with van der Waals surface area (Å²) in [6, 6.07) is 15.5. The number of rotatable bonds is 7. The maximum Gasteiger partial charge on any atom is 0.261 e. The molecule has 0 aliphatic carbocycles. The molecule has 0 radical (unpaired) electrons. The molecule has 0 spiro atoms. The van der Waals surface area contributed by atoms with Crippen LogP contribution in [0.2, 0.25) is 0 Å². The molecule has 0 unspecified atom stereocenters. The van der Waals surface area contributed by atoms with Crippen molar-refractivity contribution in [3.05, 3.63) is 70.8 Å². The number of hydrogen-bond acceptors (Lipinski definition) is 3. The summed E-state index contributed by atoms with van der Waals surface area (Å²) < 4.78 is 0. The molecule has 1 heterocycles. The molecule has 1 aliphatic heterocycles. The monoisotopic (exact) mass is 322 g/mol. The minimum absolute atomic E-state index is 0.164. The maximum absolute atomic E-state index is 12.2. The highest BCUT2D eigenvalue weighted by molar-refractivity contribution is 6.21. The van der Waals surface area contributed by atoms with Crippen molar-refractivity contribution in [3.63, 3.8) is 0 Å². The van der Waals surface area contributed by atoms with E-state index in [1.807, 2.05) is 0 Å². The van der Waals surface area contributed by atoms with E-state index in [9.17, 15) is 9.59 Å². The first kappa shape index (κ1) is 16.4. The number of aryl methyl sites for hydroxylation is 1. The van der Waals surface area contributed by atoms with Gasteiger partial charge in [-0.3, -0.25) is 14.5 Å². The van der Waals surface area contributed by atoms with Crippen LogP contribution in [0.3, 0.4) is 0 Å². The summed E-state index contributed by atoms with van der Waals surface area (Å²) in [5.74, 6) is -0.327. The number of benzene rings is 2. The topological polar surface area (TPSA) is 49.4 Å². The number of fused-ring (bicyclic) bond motifs is 1. The Hall–Kier alpha value is -2.46. The highest BCUT2D eigenvalue weighted by Crippen LogP contribution is 2.22. The normalized spacial score (nSPS) is 13.5. The SMILES string of the molecule is Cc1ccc(CNCCCCN2C(=O)c3ccccc3C2=O)cc1. The molecule has 0 fully saturated rings. The van der Waals surface area contributed by atoms with Crippen molar-refractivity contribution in [2.24, 2.45) is 0 Å². The zero-order valence-corrected chi connectivity index (χ0v) is 13.9. The van der Waals surface area contributed by atoms with Crippen molar-refractivity contribution in [3.8, 4) is 0 Å². The quantitative estimate of drug-likeness (QED) is 0.629. The van der Waals surface area contributed by atoms with E-state index in [2.05, 4.69) is 36.5 Å².